The number of fused-ring (bicyclic) bond motifs is 5. The van der Waals surface area contributed by atoms with Gasteiger partial charge in [-0.05, 0) is 105 Å². The summed E-state index contributed by atoms with van der Waals surface area (Å²) in [4.78, 5) is 0. The van der Waals surface area contributed by atoms with E-state index < -0.39 is 0 Å². The maximum Gasteiger partial charge on any atom is 0.0966 e. The van der Waals surface area contributed by atoms with Gasteiger partial charge < -0.3 is 9.84 Å². The summed E-state index contributed by atoms with van der Waals surface area (Å²) in [5.41, 5.74) is 2.80. The van der Waals surface area contributed by atoms with Crippen LogP contribution in [0, 0.1) is 46.3 Å². The zero-order valence-corrected chi connectivity index (χ0v) is 23.0. The van der Waals surface area contributed by atoms with E-state index in [1.807, 2.05) is 7.05 Å². The van der Waals surface area contributed by atoms with Gasteiger partial charge in [0.2, 0.25) is 0 Å². The normalized spacial score (nSPS) is 40.8. The molecular formula is C30H55NO2. The Kier molecular flexibility index (Phi) is 9.54. The lowest BCUT2D eigenvalue weighted by atomic mass is 9.47. The molecule has 8 atom stereocenters. The van der Waals surface area contributed by atoms with Crippen molar-refractivity contribution in [1.29, 1.82) is 0 Å². The zero-order chi connectivity index (χ0) is 24.2. The molecule has 3 nitrogen and oxygen atoms in total. The molecule has 3 saturated carbocycles. The van der Waals surface area contributed by atoms with E-state index in [4.69, 9.17) is 9.84 Å². The van der Waals surface area contributed by atoms with Crippen molar-refractivity contribution in [2.45, 2.75) is 111 Å². The monoisotopic (exact) mass is 461 g/mol. The van der Waals surface area contributed by atoms with Crippen LogP contribution in [0.5, 0.6) is 0 Å². The molecule has 2 N–H and O–H groups in total. The van der Waals surface area contributed by atoms with Gasteiger partial charge in [-0.2, -0.15) is 0 Å². The van der Waals surface area contributed by atoms with E-state index in [0.29, 0.717) is 23.7 Å². The average Bonchev–Trinajstić information content (AvgIpc) is 3.16. The van der Waals surface area contributed by atoms with Crippen LogP contribution in [-0.4, -0.2) is 32.1 Å². The standard InChI is InChI=1S/C29H51NO.CH4O/c1-20(2)8-7-9-21(3)25-12-13-26-24-11-10-22-18-23(31-19-30-6)14-16-28(22,4)27(24)15-17-29(25,26)5;1-2/h10,20-21,23-27,30H,7-9,11-19H2,1-6H3;2H,1H3. The molecule has 3 fully saturated rings. The Morgan fingerprint density at radius 1 is 1.03 bits per heavy atom. The molecular weight excluding hydrogens is 406 g/mol. The fourth-order valence-corrected chi connectivity index (χ4v) is 9.00. The van der Waals surface area contributed by atoms with Gasteiger partial charge in [0.05, 0.1) is 12.8 Å². The highest BCUT2D eigenvalue weighted by atomic mass is 16.5. The Labute approximate surface area is 205 Å². The zero-order valence-electron chi connectivity index (χ0n) is 23.0. The molecule has 4 rings (SSSR count). The van der Waals surface area contributed by atoms with E-state index in [2.05, 4.69) is 46.0 Å². The predicted molar refractivity (Wildman–Crippen MR) is 140 cm³/mol. The molecule has 0 bridgehead atoms. The van der Waals surface area contributed by atoms with Gasteiger partial charge in [-0.1, -0.05) is 65.5 Å². The summed E-state index contributed by atoms with van der Waals surface area (Å²) < 4.78 is 6.08. The molecule has 8 unspecified atom stereocenters. The minimum atomic E-state index is 0.430. The molecule has 0 radical (unpaired) electrons. The first-order valence-corrected chi connectivity index (χ1v) is 14.2. The van der Waals surface area contributed by atoms with Crippen molar-refractivity contribution in [3.63, 3.8) is 0 Å². The van der Waals surface area contributed by atoms with Crippen molar-refractivity contribution in [3.05, 3.63) is 11.6 Å². The Morgan fingerprint density at radius 2 is 1.79 bits per heavy atom. The second-order valence-electron chi connectivity index (χ2n) is 12.8. The summed E-state index contributed by atoms with van der Waals surface area (Å²) in [7, 11) is 2.98. The van der Waals surface area contributed by atoms with Gasteiger partial charge in [0.25, 0.3) is 0 Å². The first-order chi connectivity index (χ1) is 15.8. The lowest BCUT2D eigenvalue weighted by Crippen LogP contribution is -2.51. The molecule has 4 aliphatic rings. The van der Waals surface area contributed by atoms with Crippen LogP contribution in [0.4, 0.5) is 0 Å². The van der Waals surface area contributed by atoms with Gasteiger partial charge in [-0.3, -0.25) is 5.32 Å². The Balaban J connectivity index is 0.00000149. The van der Waals surface area contributed by atoms with Crippen LogP contribution < -0.4 is 5.32 Å². The molecule has 0 aromatic rings. The highest BCUT2D eigenvalue weighted by molar-refractivity contribution is 5.25. The van der Waals surface area contributed by atoms with E-state index in [-0.39, 0.29) is 0 Å². The smallest absolute Gasteiger partial charge is 0.0966 e. The summed E-state index contributed by atoms with van der Waals surface area (Å²) in [5.74, 6) is 5.57. The van der Waals surface area contributed by atoms with Gasteiger partial charge in [0.1, 0.15) is 0 Å². The molecule has 0 spiro atoms. The summed E-state index contributed by atoms with van der Waals surface area (Å²) in [6.45, 7) is 13.4. The number of aliphatic hydroxyl groups is 1. The molecule has 192 valence electrons. The first-order valence-electron chi connectivity index (χ1n) is 14.2. The second-order valence-corrected chi connectivity index (χ2v) is 12.8. The van der Waals surface area contributed by atoms with Gasteiger partial charge in [0, 0.05) is 7.11 Å². The van der Waals surface area contributed by atoms with Crippen molar-refractivity contribution >= 4 is 0 Å². The van der Waals surface area contributed by atoms with Gasteiger partial charge >= 0.3 is 0 Å². The van der Waals surface area contributed by atoms with Crippen LogP contribution in [-0.2, 0) is 4.74 Å². The lowest BCUT2D eigenvalue weighted by Gasteiger charge is -2.58. The summed E-state index contributed by atoms with van der Waals surface area (Å²) in [6.07, 6.45) is 18.5. The Hall–Kier alpha value is -0.380. The third kappa shape index (κ3) is 5.41. The van der Waals surface area contributed by atoms with Crippen LogP contribution in [0.3, 0.4) is 0 Å². The second kappa shape index (κ2) is 11.6. The molecule has 0 aromatic carbocycles. The third-order valence-electron chi connectivity index (χ3n) is 10.7. The van der Waals surface area contributed by atoms with Crippen molar-refractivity contribution in [2.24, 2.45) is 46.3 Å². The first kappa shape index (κ1) is 27.2. The SMILES string of the molecule is CNCOC1CCC2(C)C(=CCC3C2CCC2(C)C(C(C)CCCC(C)C)CCC32)C1.CO. The van der Waals surface area contributed by atoms with Gasteiger partial charge in [-0.25, -0.2) is 0 Å². The molecule has 33 heavy (non-hydrogen) atoms. The number of rotatable bonds is 8. The van der Waals surface area contributed by atoms with Crippen LogP contribution in [0.25, 0.3) is 0 Å². The maximum absolute atomic E-state index is 7.00. The molecule has 0 aromatic heterocycles. The Bertz CT molecular complexity index is 645. The fourth-order valence-electron chi connectivity index (χ4n) is 9.00. The summed E-state index contributed by atoms with van der Waals surface area (Å²) in [6, 6.07) is 0. The van der Waals surface area contributed by atoms with Gasteiger partial charge in [0.15, 0.2) is 0 Å². The highest BCUT2D eigenvalue weighted by Gasteiger charge is 2.59. The molecule has 0 saturated heterocycles. The lowest BCUT2D eigenvalue weighted by molar-refractivity contribution is -0.0648. The number of hydrogen-bond donors (Lipinski definition) is 2. The third-order valence-corrected chi connectivity index (χ3v) is 10.7. The van der Waals surface area contributed by atoms with E-state index in [1.165, 1.54) is 70.6 Å². The fraction of sp³-hybridized carbons (Fsp3) is 0.933. The van der Waals surface area contributed by atoms with Crippen molar-refractivity contribution in [1.82, 2.24) is 5.32 Å². The van der Waals surface area contributed by atoms with Crippen LogP contribution in [0.2, 0.25) is 0 Å². The number of allylic oxidation sites excluding steroid dienone is 1. The molecule has 0 amide bonds. The van der Waals surface area contributed by atoms with E-state index in [1.54, 1.807) is 5.57 Å². The molecule has 3 heteroatoms. The quantitative estimate of drug-likeness (QED) is 0.297. The van der Waals surface area contributed by atoms with Crippen molar-refractivity contribution in [3.8, 4) is 0 Å². The van der Waals surface area contributed by atoms with Crippen molar-refractivity contribution < 1.29 is 9.84 Å². The highest BCUT2D eigenvalue weighted by Crippen LogP contribution is 2.67. The summed E-state index contributed by atoms with van der Waals surface area (Å²) in [5, 5.41) is 10.2. The Morgan fingerprint density at radius 3 is 2.48 bits per heavy atom. The number of hydrogen-bond acceptors (Lipinski definition) is 3. The molecule has 0 aliphatic heterocycles. The van der Waals surface area contributed by atoms with Crippen molar-refractivity contribution in [2.75, 3.05) is 20.9 Å². The van der Waals surface area contributed by atoms with E-state index >= 15 is 0 Å². The summed E-state index contributed by atoms with van der Waals surface area (Å²) >= 11 is 0. The average molecular weight is 462 g/mol. The number of nitrogens with one attached hydrogen (secondary N) is 1. The number of ether oxygens (including phenoxy) is 1. The minimum absolute atomic E-state index is 0.430. The van der Waals surface area contributed by atoms with E-state index in [0.717, 1.165) is 42.6 Å². The van der Waals surface area contributed by atoms with Gasteiger partial charge in [-0.15, -0.1) is 0 Å². The predicted octanol–water partition coefficient (Wildman–Crippen LogP) is 7.20. The minimum Gasteiger partial charge on any atom is -0.400 e. The van der Waals surface area contributed by atoms with E-state index in [9.17, 15) is 0 Å². The van der Waals surface area contributed by atoms with Crippen LogP contribution in [0.15, 0.2) is 11.6 Å². The molecule has 4 aliphatic carbocycles. The largest absolute Gasteiger partial charge is 0.400 e. The molecule has 0 heterocycles. The van der Waals surface area contributed by atoms with Crippen LogP contribution in [0.1, 0.15) is 105 Å². The number of aliphatic hydroxyl groups excluding tert-OH is 1. The maximum atomic E-state index is 7.00. The van der Waals surface area contributed by atoms with Crippen LogP contribution >= 0.6 is 0 Å². The topological polar surface area (TPSA) is 41.5 Å².